The van der Waals surface area contributed by atoms with E-state index < -0.39 is 5.97 Å². The van der Waals surface area contributed by atoms with Crippen LogP contribution in [0.4, 0.5) is 10.1 Å². The Bertz CT molecular complexity index is 674. The van der Waals surface area contributed by atoms with Crippen LogP contribution in [0.15, 0.2) is 52.7 Å². The van der Waals surface area contributed by atoms with Gasteiger partial charge in [-0.05, 0) is 59.0 Å². The topological polar surface area (TPSA) is 62.0 Å². The Balaban J connectivity index is 2.12. The van der Waals surface area contributed by atoms with Gasteiger partial charge in [-0.25, -0.2) is 9.18 Å². The molecule has 2 rings (SSSR count). The molecule has 0 aliphatic rings. The number of aromatic carboxylic acids is 1. The zero-order valence-electron chi connectivity index (χ0n) is 10.3. The third-order valence-electron chi connectivity index (χ3n) is 2.53. The Morgan fingerprint density at radius 3 is 2.80 bits per heavy atom. The molecule has 0 fully saturated rings. The first kappa shape index (κ1) is 14.6. The number of nitrogens with zero attached hydrogens (tertiary/aromatic N) is 2. The van der Waals surface area contributed by atoms with Crippen molar-refractivity contribution < 1.29 is 14.3 Å². The lowest BCUT2D eigenvalue weighted by Gasteiger charge is -2.00. The molecular formula is C14H10FIN2O2. The van der Waals surface area contributed by atoms with E-state index in [9.17, 15) is 9.18 Å². The molecule has 6 heteroatoms. The largest absolute Gasteiger partial charge is 0.478 e. The fourth-order valence-corrected chi connectivity index (χ4v) is 2.11. The summed E-state index contributed by atoms with van der Waals surface area (Å²) in [4.78, 5) is 10.8. The molecule has 0 aliphatic carbocycles. The zero-order valence-corrected chi connectivity index (χ0v) is 12.4. The highest BCUT2D eigenvalue weighted by Crippen LogP contribution is 2.17. The molecule has 0 saturated heterocycles. The number of carbonyl (C=O) groups is 1. The van der Waals surface area contributed by atoms with Gasteiger partial charge in [-0.2, -0.15) is 10.2 Å². The average Bonchev–Trinajstić information content (AvgIpc) is 2.43. The van der Waals surface area contributed by atoms with Gasteiger partial charge in [0.2, 0.25) is 0 Å². The normalized spacial score (nSPS) is 10.9. The van der Waals surface area contributed by atoms with Gasteiger partial charge < -0.3 is 5.11 Å². The van der Waals surface area contributed by atoms with Gasteiger partial charge in [0.1, 0.15) is 5.82 Å². The summed E-state index contributed by atoms with van der Waals surface area (Å²) in [6, 6.07) is 10.9. The van der Waals surface area contributed by atoms with Gasteiger partial charge in [-0.3, -0.25) is 0 Å². The van der Waals surface area contributed by atoms with Crippen molar-refractivity contribution in [3.05, 3.63) is 63.0 Å². The maximum Gasteiger partial charge on any atom is 0.335 e. The fourth-order valence-electron chi connectivity index (χ4n) is 1.56. The Kier molecular flexibility index (Phi) is 4.78. The first-order valence-electron chi connectivity index (χ1n) is 5.71. The molecule has 0 spiro atoms. The van der Waals surface area contributed by atoms with Crippen molar-refractivity contribution in [3.63, 3.8) is 0 Å². The summed E-state index contributed by atoms with van der Waals surface area (Å²) < 4.78 is 14.4. The van der Waals surface area contributed by atoms with E-state index in [1.165, 1.54) is 18.2 Å². The number of halogens is 2. The predicted molar refractivity (Wildman–Crippen MR) is 80.7 cm³/mol. The summed E-state index contributed by atoms with van der Waals surface area (Å²) in [5, 5.41) is 16.7. The molecule has 2 aromatic carbocycles. The number of hydrogen-bond acceptors (Lipinski definition) is 3. The molecule has 102 valence electrons. The highest BCUT2D eigenvalue weighted by Gasteiger charge is 2.03. The van der Waals surface area contributed by atoms with Crippen LogP contribution in [0, 0.1) is 9.39 Å². The molecule has 20 heavy (non-hydrogen) atoms. The molecule has 0 atom stereocenters. The quantitative estimate of drug-likeness (QED) is 0.627. The molecule has 1 N–H and O–H groups in total. The lowest BCUT2D eigenvalue weighted by Crippen LogP contribution is -1.94. The number of carboxylic acids is 1. The van der Waals surface area contributed by atoms with Crippen molar-refractivity contribution in [2.75, 3.05) is 0 Å². The molecule has 0 aliphatic heterocycles. The van der Waals surface area contributed by atoms with Gasteiger partial charge in [-0.15, -0.1) is 0 Å². The average molecular weight is 384 g/mol. The molecule has 0 unspecified atom stereocenters. The van der Waals surface area contributed by atoms with E-state index in [1.807, 2.05) is 0 Å². The third-order valence-corrected chi connectivity index (χ3v) is 3.20. The molecule has 0 heterocycles. The van der Waals surface area contributed by atoms with Crippen LogP contribution in [0.3, 0.4) is 0 Å². The van der Waals surface area contributed by atoms with Crippen molar-refractivity contribution in [1.29, 1.82) is 0 Å². The van der Waals surface area contributed by atoms with E-state index >= 15 is 0 Å². The lowest BCUT2D eigenvalue weighted by atomic mass is 10.2. The van der Waals surface area contributed by atoms with Gasteiger partial charge in [0.15, 0.2) is 0 Å². The van der Waals surface area contributed by atoms with Crippen LogP contribution in [-0.2, 0) is 6.54 Å². The van der Waals surface area contributed by atoms with Crippen molar-refractivity contribution in [2.45, 2.75) is 6.54 Å². The van der Waals surface area contributed by atoms with Gasteiger partial charge in [0.05, 0.1) is 17.8 Å². The minimum Gasteiger partial charge on any atom is -0.478 e. The Morgan fingerprint density at radius 1 is 1.25 bits per heavy atom. The second-order valence-corrected chi connectivity index (χ2v) is 5.24. The molecule has 0 saturated carbocycles. The monoisotopic (exact) mass is 384 g/mol. The minimum absolute atomic E-state index is 0.111. The van der Waals surface area contributed by atoms with E-state index in [1.54, 1.807) is 24.3 Å². The molecule has 0 radical (unpaired) electrons. The molecule has 2 aromatic rings. The maximum absolute atomic E-state index is 13.5. The van der Waals surface area contributed by atoms with Gasteiger partial charge in [0, 0.05) is 9.13 Å². The van der Waals surface area contributed by atoms with Crippen LogP contribution in [0.1, 0.15) is 15.9 Å². The van der Waals surface area contributed by atoms with Crippen LogP contribution < -0.4 is 0 Å². The van der Waals surface area contributed by atoms with Crippen LogP contribution in [-0.4, -0.2) is 11.1 Å². The Morgan fingerprint density at radius 2 is 2.05 bits per heavy atom. The summed E-state index contributed by atoms with van der Waals surface area (Å²) >= 11 is 2.09. The Labute approximate surface area is 128 Å². The van der Waals surface area contributed by atoms with Gasteiger partial charge >= 0.3 is 5.97 Å². The second-order valence-electron chi connectivity index (χ2n) is 3.99. The summed E-state index contributed by atoms with van der Waals surface area (Å²) in [5.74, 6) is -1.35. The van der Waals surface area contributed by atoms with Crippen molar-refractivity contribution in [2.24, 2.45) is 10.2 Å². The highest BCUT2D eigenvalue weighted by atomic mass is 127. The third kappa shape index (κ3) is 3.83. The molecule has 0 aromatic heterocycles. The lowest BCUT2D eigenvalue weighted by molar-refractivity contribution is 0.0697. The predicted octanol–water partition coefficient (Wildman–Crippen LogP) is 4.41. The minimum atomic E-state index is -1.02. The second kappa shape index (κ2) is 6.56. The fraction of sp³-hybridized carbons (Fsp3) is 0.0714. The number of carboxylic acid groups (broad SMARTS) is 1. The number of azo groups is 1. The van der Waals surface area contributed by atoms with Crippen molar-refractivity contribution in [1.82, 2.24) is 0 Å². The summed E-state index contributed by atoms with van der Waals surface area (Å²) in [5.41, 5.74) is 1.02. The molecule has 0 amide bonds. The van der Waals surface area contributed by atoms with Gasteiger partial charge in [-0.1, -0.05) is 6.07 Å². The van der Waals surface area contributed by atoms with E-state index in [0.29, 0.717) is 11.3 Å². The Hall–Kier alpha value is -1.83. The van der Waals surface area contributed by atoms with Crippen LogP contribution in [0.25, 0.3) is 0 Å². The van der Waals surface area contributed by atoms with Crippen LogP contribution >= 0.6 is 22.6 Å². The smallest absolute Gasteiger partial charge is 0.335 e. The first-order chi connectivity index (χ1) is 9.56. The number of hydrogen-bond donors (Lipinski definition) is 1. The SMILES string of the molecule is O=C(O)c1cccc(N=NCc2cc(I)ccc2F)c1. The first-order valence-corrected chi connectivity index (χ1v) is 6.79. The van der Waals surface area contributed by atoms with Crippen LogP contribution in [0.2, 0.25) is 0 Å². The molecule has 4 nitrogen and oxygen atoms in total. The van der Waals surface area contributed by atoms with E-state index in [4.69, 9.17) is 5.11 Å². The number of benzene rings is 2. The van der Waals surface area contributed by atoms with E-state index in [-0.39, 0.29) is 17.9 Å². The highest BCUT2D eigenvalue weighted by molar-refractivity contribution is 14.1. The standard InChI is InChI=1S/C14H10FIN2O2/c15-13-5-4-11(16)6-10(13)8-17-18-12-3-1-2-9(7-12)14(19)20/h1-7H,8H2,(H,19,20). The summed E-state index contributed by atoms with van der Waals surface area (Å²) in [6.07, 6.45) is 0. The summed E-state index contributed by atoms with van der Waals surface area (Å²) in [7, 11) is 0. The van der Waals surface area contributed by atoms with Crippen molar-refractivity contribution in [3.8, 4) is 0 Å². The van der Waals surface area contributed by atoms with E-state index in [0.717, 1.165) is 3.57 Å². The zero-order chi connectivity index (χ0) is 14.5. The summed E-state index contributed by atoms with van der Waals surface area (Å²) in [6.45, 7) is 0.111. The number of rotatable bonds is 4. The van der Waals surface area contributed by atoms with Crippen LogP contribution in [0.5, 0.6) is 0 Å². The van der Waals surface area contributed by atoms with Gasteiger partial charge in [0.25, 0.3) is 0 Å². The maximum atomic E-state index is 13.5. The molecular weight excluding hydrogens is 374 g/mol. The van der Waals surface area contributed by atoms with Crippen molar-refractivity contribution >= 4 is 34.2 Å². The molecule has 0 bridgehead atoms. The van der Waals surface area contributed by atoms with E-state index in [2.05, 4.69) is 32.8 Å².